The van der Waals surface area contributed by atoms with Gasteiger partial charge in [-0.1, -0.05) is 18.2 Å². The number of hydrogen-bond donors (Lipinski definition) is 2. The van der Waals surface area contributed by atoms with Crippen LogP contribution in [0.1, 0.15) is 10.4 Å². The minimum Gasteiger partial charge on any atom is -0.496 e. The van der Waals surface area contributed by atoms with Crippen LogP contribution in [0.15, 0.2) is 53.6 Å². The lowest BCUT2D eigenvalue weighted by Crippen LogP contribution is -2.13. The number of rotatable bonds is 5. The molecule has 0 spiro atoms. The third kappa shape index (κ3) is 4.09. The molecule has 0 heterocycles. The molecule has 0 aromatic heterocycles. The molecule has 0 saturated carbocycles. The van der Waals surface area contributed by atoms with Crippen molar-refractivity contribution in [1.82, 2.24) is 0 Å². The average molecular weight is 319 g/mol. The third-order valence-corrected chi connectivity index (χ3v) is 2.98. The van der Waals surface area contributed by atoms with Gasteiger partial charge in [0.25, 0.3) is 5.91 Å². The lowest BCUT2D eigenvalue weighted by Gasteiger charge is -2.10. The number of nitrogens with one attached hydrogen (secondary N) is 2. The van der Waals surface area contributed by atoms with Gasteiger partial charge in [0, 0.05) is 5.69 Å². The lowest BCUT2D eigenvalue weighted by atomic mass is 10.2. The van der Waals surface area contributed by atoms with E-state index in [-0.39, 0.29) is 11.6 Å². The quantitative estimate of drug-likeness (QED) is 0.650. The number of ether oxygens (including phenoxy) is 1. The molecule has 0 saturated heterocycles. The smallest absolute Gasteiger partial charge is 0.259 e. The van der Waals surface area contributed by atoms with E-state index in [1.165, 1.54) is 7.11 Å². The Bertz CT molecular complexity index is 846. The number of carbonyl (C=O) groups excluding carboxylic acids is 1. The summed E-state index contributed by atoms with van der Waals surface area (Å²) >= 11 is 0. The van der Waals surface area contributed by atoms with Crippen LogP contribution in [0.2, 0.25) is 0 Å². The number of hydrogen-bond acceptors (Lipinski definition) is 6. The molecule has 7 nitrogen and oxygen atoms in total. The van der Waals surface area contributed by atoms with Gasteiger partial charge >= 0.3 is 0 Å². The summed E-state index contributed by atoms with van der Waals surface area (Å²) in [7, 11) is 1.50. The highest BCUT2D eigenvalue weighted by molar-refractivity contribution is 6.10. The number of nitriles is 2. The van der Waals surface area contributed by atoms with E-state index in [1.807, 2.05) is 0 Å². The summed E-state index contributed by atoms with van der Waals surface area (Å²) in [5, 5.41) is 23.7. The van der Waals surface area contributed by atoms with E-state index in [0.29, 0.717) is 22.7 Å². The van der Waals surface area contributed by atoms with Crippen LogP contribution in [-0.4, -0.2) is 18.7 Å². The maximum Gasteiger partial charge on any atom is 0.259 e. The van der Waals surface area contributed by atoms with E-state index in [1.54, 1.807) is 60.7 Å². The molecule has 1 amide bonds. The Hall–Kier alpha value is -3.84. The molecule has 0 bridgehead atoms. The number of nitrogens with zero attached hydrogens (tertiary/aromatic N) is 3. The molecule has 0 aliphatic carbocycles. The van der Waals surface area contributed by atoms with Gasteiger partial charge in [0.15, 0.2) is 0 Å². The monoisotopic (exact) mass is 319 g/mol. The summed E-state index contributed by atoms with van der Waals surface area (Å²) in [6.07, 6.45) is 0. The van der Waals surface area contributed by atoms with Crippen molar-refractivity contribution >= 4 is 23.0 Å². The summed E-state index contributed by atoms with van der Waals surface area (Å²) in [5.74, 6) is 0.157. The zero-order valence-corrected chi connectivity index (χ0v) is 12.8. The molecule has 2 rings (SSSR count). The second-order valence-corrected chi connectivity index (χ2v) is 4.53. The van der Waals surface area contributed by atoms with Crippen molar-refractivity contribution in [2.75, 3.05) is 17.9 Å². The second-order valence-electron chi connectivity index (χ2n) is 4.53. The number of amides is 1. The number of carbonyl (C=O) groups is 1. The van der Waals surface area contributed by atoms with Crippen molar-refractivity contribution in [3.63, 3.8) is 0 Å². The van der Waals surface area contributed by atoms with Crippen LogP contribution in [0.25, 0.3) is 0 Å². The zero-order chi connectivity index (χ0) is 17.4. The molecule has 118 valence electrons. The van der Waals surface area contributed by atoms with E-state index < -0.39 is 0 Å². The Labute approximate surface area is 138 Å². The van der Waals surface area contributed by atoms with Gasteiger partial charge in [-0.25, -0.2) is 0 Å². The summed E-state index contributed by atoms with van der Waals surface area (Å²) in [6, 6.07) is 16.9. The Morgan fingerprint density at radius 3 is 2.50 bits per heavy atom. The highest BCUT2D eigenvalue weighted by Crippen LogP contribution is 2.20. The van der Waals surface area contributed by atoms with Crippen molar-refractivity contribution < 1.29 is 9.53 Å². The summed E-state index contributed by atoms with van der Waals surface area (Å²) in [5.41, 5.74) is 3.76. The van der Waals surface area contributed by atoms with Crippen molar-refractivity contribution in [2.45, 2.75) is 0 Å². The van der Waals surface area contributed by atoms with Gasteiger partial charge in [0.05, 0.1) is 18.4 Å². The van der Waals surface area contributed by atoms with E-state index in [0.717, 1.165) is 0 Å². The van der Waals surface area contributed by atoms with Crippen molar-refractivity contribution in [3.8, 4) is 17.9 Å². The van der Waals surface area contributed by atoms with E-state index in [2.05, 4.69) is 15.8 Å². The van der Waals surface area contributed by atoms with Crippen LogP contribution < -0.4 is 15.5 Å². The first-order valence-electron chi connectivity index (χ1n) is 6.86. The zero-order valence-electron chi connectivity index (χ0n) is 12.8. The van der Waals surface area contributed by atoms with Gasteiger partial charge in [-0.2, -0.15) is 15.6 Å². The summed E-state index contributed by atoms with van der Waals surface area (Å²) in [6.45, 7) is 0. The normalized spacial score (nSPS) is 9.12. The Morgan fingerprint density at radius 2 is 1.79 bits per heavy atom. The molecule has 2 aromatic rings. The van der Waals surface area contributed by atoms with E-state index >= 15 is 0 Å². The van der Waals surface area contributed by atoms with Crippen LogP contribution in [-0.2, 0) is 0 Å². The van der Waals surface area contributed by atoms with Crippen LogP contribution in [0.3, 0.4) is 0 Å². The Morgan fingerprint density at radius 1 is 1.08 bits per heavy atom. The third-order valence-electron chi connectivity index (χ3n) is 2.98. The van der Waals surface area contributed by atoms with Gasteiger partial charge in [-0.15, -0.1) is 0 Å². The predicted octanol–water partition coefficient (Wildman–Crippen LogP) is 2.76. The Balaban J connectivity index is 2.15. The van der Waals surface area contributed by atoms with Crippen molar-refractivity contribution in [1.29, 1.82) is 10.5 Å². The van der Waals surface area contributed by atoms with E-state index in [4.69, 9.17) is 15.3 Å². The molecule has 0 atom stereocenters. The minimum atomic E-state index is -0.317. The van der Waals surface area contributed by atoms with Crippen LogP contribution in [0.4, 0.5) is 11.4 Å². The van der Waals surface area contributed by atoms with Crippen molar-refractivity contribution in [2.24, 2.45) is 5.10 Å². The first kappa shape index (κ1) is 16.5. The average Bonchev–Trinajstić information content (AvgIpc) is 2.62. The molecule has 0 aliphatic heterocycles. The van der Waals surface area contributed by atoms with Gasteiger partial charge in [0.1, 0.15) is 17.9 Å². The van der Waals surface area contributed by atoms with Crippen LogP contribution in [0, 0.1) is 22.7 Å². The molecule has 2 N–H and O–H groups in total. The number of methoxy groups -OCH3 is 1. The van der Waals surface area contributed by atoms with Crippen molar-refractivity contribution in [3.05, 3.63) is 54.1 Å². The second kappa shape index (κ2) is 7.97. The molecular formula is C17H13N5O2. The number of hydrazone groups is 1. The molecular weight excluding hydrogens is 306 g/mol. The fourth-order valence-electron chi connectivity index (χ4n) is 1.89. The van der Waals surface area contributed by atoms with Crippen LogP contribution in [0.5, 0.6) is 5.75 Å². The molecule has 0 aliphatic rings. The largest absolute Gasteiger partial charge is 0.496 e. The Kier molecular flexibility index (Phi) is 5.49. The molecule has 24 heavy (non-hydrogen) atoms. The van der Waals surface area contributed by atoms with Gasteiger partial charge in [-0.3, -0.25) is 10.2 Å². The minimum absolute atomic E-state index is 0.293. The van der Waals surface area contributed by atoms with Crippen LogP contribution >= 0.6 is 0 Å². The van der Waals surface area contributed by atoms with E-state index in [9.17, 15) is 4.79 Å². The van der Waals surface area contributed by atoms with Gasteiger partial charge in [0.2, 0.25) is 5.71 Å². The molecule has 0 fully saturated rings. The number of para-hydroxylation sites is 1. The number of anilines is 2. The highest BCUT2D eigenvalue weighted by Gasteiger charge is 2.11. The maximum absolute atomic E-state index is 12.3. The molecule has 2 aromatic carbocycles. The van der Waals surface area contributed by atoms with Gasteiger partial charge in [-0.05, 0) is 30.3 Å². The molecule has 0 radical (unpaired) electrons. The first-order valence-corrected chi connectivity index (χ1v) is 6.86. The topological polar surface area (TPSA) is 110 Å². The predicted molar refractivity (Wildman–Crippen MR) is 89.7 cm³/mol. The summed E-state index contributed by atoms with van der Waals surface area (Å²) < 4.78 is 5.17. The fraction of sp³-hybridized carbons (Fsp3) is 0.0588. The highest BCUT2D eigenvalue weighted by atomic mass is 16.5. The standard InChI is InChI=1S/C17H13N5O2/c1-24-16-8-3-2-7-15(16)17(23)20-12-5-4-6-13(9-12)21-22-14(10-18)11-19/h2-9,21H,1H3,(H,20,23). The molecule has 7 heteroatoms. The first-order chi connectivity index (χ1) is 11.7. The lowest BCUT2D eigenvalue weighted by molar-refractivity contribution is 0.102. The SMILES string of the molecule is COc1ccccc1C(=O)Nc1cccc(NN=C(C#N)C#N)c1. The number of benzene rings is 2. The fourth-order valence-corrected chi connectivity index (χ4v) is 1.89. The molecule has 0 unspecified atom stereocenters. The van der Waals surface area contributed by atoms with Gasteiger partial charge < -0.3 is 10.1 Å². The summed E-state index contributed by atoms with van der Waals surface area (Å²) in [4.78, 5) is 12.3. The maximum atomic E-state index is 12.3.